The molecule has 0 aliphatic heterocycles. The van der Waals surface area contributed by atoms with Crippen molar-refractivity contribution in [3.8, 4) is 5.69 Å². The number of aromatic nitrogens is 3. The molecule has 6 heteroatoms. The van der Waals surface area contributed by atoms with Gasteiger partial charge in [-0.3, -0.25) is 4.79 Å². The van der Waals surface area contributed by atoms with Gasteiger partial charge in [-0.15, -0.1) is 5.10 Å². The molecular formula is C15H17N3O3. The maximum absolute atomic E-state index is 11.6. The lowest BCUT2D eigenvalue weighted by Crippen LogP contribution is -2.07. The molecule has 0 spiro atoms. The Kier molecular flexibility index (Phi) is 4.81. The number of nitrogens with zero attached hydrogens (tertiary/aromatic N) is 3. The van der Waals surface area contributed by atoms with Gasteiger partial charge in [-0.1, -0.05) is 24.6 Å². The summed E-state index contributed by atoms with van der Waals surface area (Å²) in [7, 11) is 1.33. The van der Waals surface area contributed by atoms with Crippen molar-refractivity contribution in [1.82, 2.24) is 15.0 Å². The van der Waals surface area contributed by atoms with Crippen LogP contribution in [0.3, 0.4) is 0 Å². The van der Waals surface area contributed by atoms with Crippen LogP contribution in [0.1, 0.15) is 46.3 Å². The van der Waals surface area contributed by atoms with E-state index in [2.05, 4.69) is 17.2 Å². The molecule has 0 fully saturated rings. The summed E-state index contributed by atoms with van der Waals surface area (Å²) >= 11 is 0. The van der Waals surface area contributed by atoms with Gasteiger partial charge in [0.25, 0.3) is 0 Å². The first kappa shape index (κ1) is 14.9. The van der Waals surface area contributed by atoms with Crippen LogP contribution in [0.5, 0.6) is 0 Å². The number of hydrogen-bond acceptors (Lipinski definition) is 5. The van der Waals surface area contributed by atoms with Crippen molar-refractivity contribution in [2.45, 2.75) is 26.2 Å². The van der Waals surface area contributed by atoms with Crippen molar-refractivity contribution >= 4 is 12.3 Å². The molecule has 1 aromatic heterocycles. The number of benzene rings is 1. The van der Waals surface area contributed by atoms with Crippen LogP contribution in [0, 0.1) is 0 Å². The number of unbranched alkanes of at least 4 members (excludes halogenated alkanes) is 1. The first-order valence-corrected chi connectivity index (χ1v) is 6.79. The Morgan fingerprint density at radius 2 is 2.24 bits per heavy atom. The number of esters is 1. The van der Waals surface area contributed by atoms with Crippen LogP contribution in [-0.2, 0) is 11.2 Å². The minimum absolute atomic E-state index is 0.340. The number of ether oxygens (including phenoxy) is 1. The fourth-order valence-electron chi connectivity index (χ4n) is 2.07. The van der Waals surface area contributed by atoms with Crippen molar-refractivity contribution in [1.29, 1.82) is 0 Å². The minimum atomic E-state index is -0.414. The van der Waals surface area contributed by atoms with Crippen LogP contribution in [0.4, 0.5) is 0 Å². The van der Waals surface area contributed by atoms with E-state index in [1.165, 1.54) is 7.11 Å². The van der Waals surface area contributed by atoms with Crippen LogP contribution in [0.2, 0.25) is 0 Å². The molecular weight excluding hydrogens is 270 g/mol. The lowest BCUT2D eigenvalue weighted by atomic mass is 10.1. The van der Waals surface area contributed by atoms with Gasteiger partial charge in [0, 0.05) is 0 Å². The molecule has 0 aliphatic carbocycles. The van der Waals surface area contributed by atoms with E-state index in [1.54, 1.807) is 22.9 Å². The lowest BCUT2D eigenvalue weighted by Gasteiger charge is -2.07. The molecule has 0 aliphatic rings. The van der Waals surface area contributed by atoms with Gasteiger partial charge in [-0.05, 0) is 31.0 Å². The van der Waals surface area contributed by atoms with E-state index >= 15 is 0 Å². The van der Waals surface area contributed by atoms with E-state index in [0.717, 1.165) is 18.5 Å². The fraction of sp³-hybridized carbons (Fsp3) is 0.333. The molecule has 1 aromatic carbocycles. The van der Waals surface area contributed by atoms with Gasteiger partial charge in [-0.25, -0.2) is 9.48 Å². The normalized spacial score (nSPS) is 10.4. The topological polar surface area (TPSA) is 74.1 Å². The van der Waals surface area contributed by atoms with Crippen LogP contribution in [0.25, 0.3) is 5.69 Å². The average Bonchev–Trinajstić information content (AvgIpc) is 2.95. The first-order chi connectivity index (χ1) is 10.2. The Balaban J connectivity index is 2.44. The molecule has 0 radical (unpaired) electrons. The highest BCUT2D eigenvalue weighted by Gasteiger charge is 2.14. The molecule has 0 atom stereocenters. The maximum atomic E-state index is 11.6. The molecule has 0 N–H and O–H groups in total. The highest BCUT2D eigenvalue weighted by molar-refractivity contribution is 5.89. The number of methoxy groups -OCH3 is 1. The van der Waals surface area contributed by atoms with Crippen molar-refractivity contribution in [2.75, 3.05) is 7.11 Å². The predicted molar refractivity (Wildman–Crippen MR) is 76.7 cm³/mol. The zero-order valence-electron chi connectivity index (χ0n) is 12.1. The average molecular weight is 287 g/mol. The first-order valence-electron chi connectivity index (χ1n) is 6.79. The Morgan fingerprint density at radius 1 is 1.43 bits per heavy atom. The summed E-state index contributed by atoms with van der Waals surface area (Å²) in [6.45, 7) is 2.08. The van der Waals surface area contributed by atoms with Crippen molar-refractivity contribution < 1.29 is 14.3 Å². The van der Waals surface area contributed by atoms with Gasteiger partial charge in [0.2, 0.25) is 0 Å². The molecule has 0 amide bonds. The van der Waals surface area contributed by atoms with Crippen LogP contribution < -0.4 is 0 Å². The summed E-state index contributed by atoms with van der Waals surface area (Å²) in [5, 5.41) is 7.91. The van der Waals surface area contributed by atoms with Gasteiger partial charge in [0.1, 0.15) is 5.69 Å². The van der Waals surface area contributed by atoms with E-state index in [0.29, 0.717) is 29.7 Å². The van der Waals surface area contributed by atoms with Crippen molar-refractivity contribution in [3.63, 3.8) is 0 Å². The van der Waals surface area contributed by atoms with Crippen molar-refractivity contribution in [2.24, 2.45) is 0 Å². The van der Waals surface area contributed by atoms with Gasteiger partial charge in [-0.2, -0.15) is 0 Å². The highest BCUT2D eigenvalue weighted by Crippen LogP contribution is 2.16. The molecule has 6 nitrogen and oxygen atoms in total. The van der Waals surface area contributed by atoms with Crippen LogP contribution in [-0.4, -0.2) is 34.4 Å². The standard InChI is InChI=1S/C15H17N3O3/c1-3-4-8-14-13(10-19)16-17-18(14)12-7-5-6-11(9-12)15(20)21-2/h5-7,9-10H,3-4,8H2,1-2H3. The quantitative estimate of drug-likeness (QED) is 0.601. The molecule has 0 bridgehead atoms. The Morgan fingerprint density at radius 3 is 2.90 bits per heavy atom. The van der Waals surface area contributed by atoms with Gasteiger partial charge in [0.05, 0.1) is 24.1 Å². The van der Waals surface area contributed by atoms with Crippen molar-refractivity contribution in [3.05, 3.63) is 41.2 Å². The summed E-state index contributed by atoms with van der Waals surface area (Å²) in [5.74, 6) is -0.414. The molecule has 1 heterocycles. The largest absolute Gasteiger partial charge is 0.465 e. The SMILES string of the molecule is CCCCc1c(C=O)nnn1-c1cccc(C(=O)OC)c1. The molecule has 2 aromatic rings. The smallest absolute Gasteiger partial charge is 0.337 e. The number of aldehydes is 1. The Hall–Kier alpha value is -2.50. The fourth-order valence-corrected chi connectivity index (χ4v) is 2.07. The Bertz CT molecular complexity index is 649. The van der Waals surface area contributed by atoms with Gasteiger partial charge in [0.15, 0.2) is 6.29 Å². The summed E-state index contributed by atoms with van der Waals surface area (Å²) in [6.07, 6.45) is 3.36. The second kappa shape index (κ2) is 6.78. The van der Waals surface area contributed by atoms with E-state index in [-0.39, 0.29) is 0 Å². The predicted octanol–water partition coefficient (Wildman–Crippen LogP) is 2.21. The molecule has 21 heavy (non-hydrogen) atoms. The second-order valence-electron chi connectivity index (χ2n) is 4.60. The summed E-state index contributed by atoms with van der Waals surface area (Å²) in [5.41, 5.74) is 2.21. The molecule has 2 rings (SSSR count). The lowest BCUT2D eigenvalue weighted by molar-refractivity contribution is 0.0600. The van der Waals surface area contributed by atoms with E-state index in [1.807, 2.05) is 6.07 Å². The number of rotatable bonds is 6. The highest BCUT2D eigenvalue weighted by atomic mass is 16.5. The molecule has 0 unspecified atom stereocenters. The van der Waals surface area contributed by atoms with Gasteiger partial charge < -0.3 is 4.74 Å². The zero-order chi connectivity index (χ0) is 15.2. The van der Waals surface area contributed by atoms with E-state index in [9.17, 15) is 9.59 Å². The third kappa shape index (κ3) is 3.16. The summed E-state index contributed by atoms with van der Waals surface area (Å²) in [6, 6.07) is 6.89. The van der Waals surface area contributed by atoms with Crippen LogP contribution in [0.15, 0.2) is 24.3 Å². The maximum Gasteiger partial charge on any atom is 0.337 e. The third-order valence-electron chi connectivity index (χ3n) is 3.18. The van der Waals surface area contributed by atoms with E-state index < -0.39 is 5.97 Å². The zero-order valence-corrected chi connectivity index (χ0v) is 12.1. The number of hydrogen-bond donors (Lipinski definition) is 0. The Labute approximate surface area is 122 Å². The summed E-state index contributed by atoms with van der Waals surface area (Å²) in [4.78, 5) is 22.7. The molecule has 110 valence electrons. The third-order valence-corrected chi connectivity index (χ3v) is 3.18. The monoisotopic (exact) mass is 287 g/mol. The number of carbonyl (C=O) groups excluding carboxylic acids is 2. The minimum Gasteiger partial charge on any atom is -0.465 e. The van der Waals surface area contributed by atoms with E-state index in [4.69, 9.17) is 4.74 Å². The van der Waals surface area contributed by atoms with Gasteiger partial charge >= 0.3 is 5.97 Å². The van der Waals surface area contributed by atoms with Crippen LogP contribution >= 0.6 is 0 Å². The molecule has 0 saturated heterocycles. The number of carbonyl (C=O) groups is 2. The summed E-state index contributed by atoms with van der Waals surface area (Å²) < 4.78 is 6.31. The molecule has 0 saturated carbocycles. The second-order valence-corrected chi connectivity index (χ2v) is 4.60.